The van der Waals surface area contributed by atoms with E-state index in [1.807, 2.05) is 0 Å². The number of likely N-dealkylation sites (tertiary alicyclic amines) is 1. The number of imidazole rings is 1. The number of hydrogen-bond donors (Lipinski definition) is 0. The van der Waals surface area contributed by atoms with Gasteiger partial charge in [0.15, 0.2) is 0 Å². The molecule has 0 bridgehead atoms. The molecule has 2 aliphatic heterocycles. The average molecular weight is 247 g/mol. The van der Waals surface area contributed by atoms with Crippen molar-refractivity contribution < 1.29 is 0 Å². The van der Waals surface area contributed by atoms with Gasteiger partial charge in [0, 0.05) is 31.6 Å². The molecule has 0 aromatic carbocycles. The van der Waals surface area contributed by atoms with Crippen LogP contribution in [0.3, 0.4) is 0 Å². The van der Waals surface area contributed by atoms with Gasteiger partial charge in [-0.2, -0.15) is 0 Å². The third kappa shape index (κ3) is 2.46. The third-order valence-electron chi connectivity index (χ3n) is 4.64. The summed E-state index contributed by atoms with van der Waals surface area (Å²) in [5, 5.41) is 0. The Bertz CT molecular complexity index is 410. The molecule has 3 nitrogen and oxygen atoms in total. The fraction of sp³-hybridized carbons (Fsp3) is 0.800. The van der Waals surface area contributed by atoms with E-state index in [-0.39, 0.29) is 0 Å². The van der Waals surface area contributed by atoms with Crippen molar-refractivity contribution in [2.45, 2.75) is 58.0 Å². The molecule has 100 valence electrons. The Morgan fingerprint density at radius 3 is 3.06 bits per heavy atom. The fourth-order valence-corrected chi connectivity index (χ4v) is 3.42. The second-order valence-corrected chi connectivity index (χ2v) is 6.28. The van der Waals surface area contributed by atoms with Crippen LogP contribution in [0.15, 0.2) is 6.20 Å². The molecule has 2 atom stereocenters. The molecule has 2 unspecified atom stereocenters. The smallest absolute Gasteiger partial charge is 0.108 e. The summed E-state index contributed by atoms with van der Waals surface area (Å²) in [6.45, 7) is 4.77. The minimum atomic E-state index is 0.716. The van der Waals surface area contributed by atoms with Gasteiger partial charge in [0.05, 0.1) is 5.69 Å². The van der Waals surface area contributed by atoms with E-state index in [1.165, 1.54) is 56.7 Å². The first kappa shape index (κ1) is 12.2. The summed E-state index contributed by atoms with van der Waals surface area (Å²) in [5.74, 6) is 2.14. The van der Waals surface area contributed by atoms with Crippen LogP contribution >= 0.6 is 0 Å². The van der Waals surface area contributed by atoms with E-state index in [9.17, 15) is 0 Å². The van der Waals surface area contributed by atoms with E-state index in [2.05, 4.69) is 29.6 Å². The van der Waals surface area contributed by atoms with Crippen LogP contribution in [0.2, 0.25) is 0 Å². The van der Waals surface area contributed by atoms with E-state index >= 15 is 0 Å². The number of likely N-dealkylation sites (N-methyl/N-ethyl adjacent to an activating group) is 1. The predicted octanol–water partition coefficient (Wildman–Crippen LogP) is 2.49. The highest BCUT2D eigenvalue weighted by Crippen LogP contribution is 2.22. The molecule has 3 rings (SSSR count). The Morgan fingerprint density at radius 1 is 1.33 bits per heavy atom. The first-order chi connectivity index (χ1) is 8.72. The molecule has 0 N–H and O–H groups in total. The molecule has 18 heavy (non-hydrogen) atoms. The molecule has 0 spiro atoms. The SMILES string of the molecule is CC1CCc2nc(CC3CCCCN3C)cn2C1. The highest BCUT2D eigenvalue weighted by Gasteiger charge is 2.22. The van der Waals surface area contributed by atoms with Crippen LogP contribution in [0, 0.1) is 5.92 Å². The molecule has 2 aliphatic rings. The van der Waals surface area contributed by atoms with Gasteiger partial charge < -0.3 is 9.47 Å². The van der Waals surface area contributed by atoms with Gasteiger partial charge in [0.1, 0.15) is 5.82 Å². The molecule has 0 saturated carbocycles. The summed E-state index contributed by atoms with van der Waals surface area (Å²) >= 11 is 0. The summed E-state index contributed by atoms with van der Waals surface area (Å²) in [4.78, 5) is 7.37. The third-order valence-corrected chi connectivity index (χ3v) is 4.64. The Balaban J connectivity index is 1.69. The standard InChI is InChI=1S/C15H25N3/c1-12-6-7-15-16-13(11-18(15)10-12)9-14-5-3-4-8-17(14)2/h11-12,14H,3-10H2,1-2H3. The number of aryl methyl sites for hydroxylation is 1. The van der Waals surface area contributed by atoms with Crippen LogP contribution in [0.4, 0.5) is 0 Å². The predicted molar refractivity (Wildman–Crippen MR) is 73.7 cm³/mol. The molecule has 0 radical (unpaired) electrons. The second-order valence-electron chi connectivity index (χ2n) is 6.28. The lowest BCUT2D eigenvalue weighted by Gasteiger charge is -2.31. The van der Waals surface area contributed by atoms with Crippen LogP contribution in [-0.2, 0) is 19.4 Å². The van der Waals surface area contributed by atoms with Crippen LogP contribution in [0.25, 0.3) is 0 Å². The van der Waals surface area contributed by atoms with Crippen LogP contribution in [-0.4, -0.2) is 34.1 Å². The number of fused-ring (bicyclic) bond motifs is 1. The zero-order valence-electron chi connectivity index (χ0n) is 11.7. The van der Waals surface area contributed by atoms with Gasteiger partial charge in [0.2, 0.25) is 0 Å². The van der Waals surface area contributed by atoms with Gasteiger partial charge in [-0.15, -0.1) is 0 Å². The number of aromatic nitrogens is 2. The van der Waals surface area contributed by atoms with Crippen LogP contribution < -0.4 is 0 Å². The quantitative estimate of drug-likeness (QED) is 0.800. The maximum absolute atomic E-state index is 4.85. The molecular weight excluding hydrogens is 222 g/mol. The molecule has 3 heteroatoms. The Hall–Kier alpha value is -0.830. The van der Waals surface area contributed by atoms with Gasteiger partial charge >= 0.3 is 0 Å². The Kier molecular flexibility index (Phi) is 3.42. The normalized spacial score (nSPS) is 29.2. The molecular formula is C15H25N3. The lowest BCUT2D eigenvalue weighted by Crippen LogP contribution is -2.37. The van der Waals surface area contributed by atoms with Crippen molar-refractivity contribution in [3.05, 3.63) is 17.7 Å². The highest BCUT2D eigenvalue weighted by atomic mass is 15.1. The number of hydrogen-bond acceptors (Lipinski definition) is 2. The van der Waals surface area contributed by atoms with Crippen LogP contribution in [0.1, 0.15) is 44.1 Å². The maximum atomic E-state index is 4.85. The van der Waals surface area contributed by atoms with Gasteiger partial charge in [-0.3, -0.25) is 0 Å². The number of rotatable bonds is 2. The molecule has 1 saturated heterocycles. The lowest BCUT2D eigenvalue weighted by atomic mass is 9.99. The Morgan fingerprint density at radius 2 is 2.22 bits per heavy atom. The van der Waals surface area contributed by atoms with Crippen molar-refractivity contribution in [2.75, 3.05) is 13.6 Å². The maximum Gasteiger partial charge on any atom is 0.108 e. The first-order valence-electron chi connectivity index (χ1n) is 7.47. The fourth-order valence-electron chi connectivity index (χ4n) is 3.42. The lowest BCUT2D eigenvalue weighted by molar-refractivity contribution is 0.184. The van der Waals surface area contributed by atoms with Gasteiger partial charge in [-0.25, -0.2) is 4.98 Å². The largest absolute Gasteiger partial charge is 0.334 e. The average Bonchev–Trinajstić information content (AvgIpc) is 2.73. The monoisotopic (exact) mass is 247 g/mol. The molecule has 1 fully saturated rings. The summed E-state index contributed by atoms with van der Waals surface area (Å²) in [6.07, 6.45) is 10.0. The van der Waals surface area contributed by atoms with E-state index in [0.29, 0.717) is 6.04 Å². The van der Waals surface area contributed by atoms with E-state index in [1.54, 1.807) is 0 Å². The minimum absolute atomic E-state index is 0.716. The van der Waals surface area contributed by atoms with Crippen molar-refractivity contribution in [1.82, 2.24) is 14.5 Å². The summed E-state index contributed by atoms with van der Waals surface area (Å²) < 4.78 is 2.40. The highest BCUT2D eigenvalue weighted by molar-refractivity contribution is 5.08. The van der Waals surface area contributed by atoms with E-state index in [4.69, 9.17) is 4.98 Å². The summed E-state index contributed by atoms with van der Waals surface area (Å²) in [7, 11) is 2.27. The molecule has 0 amide bonds. The van der Waals surface area contributed by atoms with Crippen LogP contribution in [0.5, 0.6) is 0 Å². The minimum Gasteiger partial charge on any atom is -0.334 e. The van der Waals surface area contributed by atoms with Crippen molar-refractivity contribution >= 4 is 0 Å². The summed E-state index contributed by atoms with van der Waals surface area (Å²) in [6, 6.07) is 0.716. The second kappa shape index (κ2) is 5.04. The van der Waals surface area contributed by atoms with E-state index in [0.717, 1.165) is 12.3 Å². The zero-order valence-corrected chi connectivity index (χ0v) is 11.7. The van der Waals surface area contributed by atoms with E-state index < -0.39 is 0 Å². The first-order valence-corrected chi connectivity index (χ1v) is 7.47. The van der Waals surface area contributed by atoms with Gasteiger partial charge in [-0.1, -0.05) is 13.3 Å². The van der Waals surface area contributed by atoms with Crippen molar-refractivity contribution in [3.8, 4) is 0 Å². The molecule has 3 heterocycles. The van der Waals surface area contributed by atoms with Gasteiger partial charge in [0.25, 0.3) is 0 Å². The topological polar surface area (TPSA) is 21.1 Å². The van der Waals surface area contributed by atoms with Crippen molar-refractivity contribution in [2.24, 2.45) is 5.92 Å². The van der Waals surface area contributed by atoms with Crippen molar-refractivity contribution in [3.63, 3.8) is 0 Å². The zero-order chi connectivity index (χ0) is 12.5. The molecule has 1 aromatic rings. The van der Waals surface area contributed by atoms with Crippen molar-refractivity contribution in [1.29, 1.82) is 0 Å². The number of piperidine rings is 1. The molecule has 0 aliphatic carbocycles. The van der Waals surface area contributed by atoms with Gasteiger partial charge in [-0.05, 0) is 38.8 Å². The number of nitrogens with zero attached hydrogens (tertiary/aromatic N) is 3. The Labute approximate surface area is 110 Å². The summed E-state index contributed by atoms with van der Waals surface area (Å²) in [5.41, 5.74) is 1.32. The molecule has 1 aromatic heterocycles.